The number of hydrogen-bond donors (Lipinski definition) is 0. The number of fused-ring (bicyclic) bond motifs is 25. The number of rotatable bonds is 6. The quantitative estimate of drug-likeness (QED) is 0.153. The fraction of sp³-hybridized carbons (Fsp3) is 0.0206. The highest BCUT2D eigenvalue weighted by Crippen LogP contribution is 2.65. The van der Waals surface area contributed by atoms with E-state index in [1.807, 2.05) is 42.7 Å². The summed E-state index contributed by atoms with van der Waals surface area (Å²) < 4.78 is 14.2. The molecule has 22 rings (SSSR count). The SMILES string of the molecule is N#Cc1cccc(-c2cc(-c3ccc4c(c3)Oc3ccccc3C43c4ccccc4-c4ccccc43)cc(-c3ccc4cc(-c5ccc6c(c5)-c5ccccc5C65c6ccccc6Oc6cc(-c7ccc8ccccc8c7-c7ccc8ccc9cccnc9c8n7)ccc65)c5cccnc5c4n3)c2)c1. The van der Waals surface area contributed by atoms with Crippen molar-refractivity contribution in [3.8, 4) is 118 Å². The Morgan fingerprint density at radius 3 is 1.45 bits per heavy atom. The molecule has 2 spiro atoms. The molecule has 0 fully saturated rings. The highest BCUT2D eigenvalue weighted by molar-refractivity contribution is 6.12. The topological polar surface area (TPSA) is 93.8 Å². The summed E-state index contributed by atoms with van der Waals surface area (Å²) in [6.07, 6.45) is 3.72. The maximum absolute atomic E-state index is 10.2. The van der Waals surface area contributed by atoms with Crippen LogP contribution in [0.1, 0.15) is 50.1 Å². The van der Waals surface area contributed by atoms with Gasteiger partial charge < -0.3 is 9.47 Å². The number of para-hydroxylation sites is 2. The van der Waals surface area contributed by atoms with E-state index in [-0.39, 0.29) is 0 Å². The van der Waals surface area contributed by atoms with Crippen molar-refractivity contribution in [2.24, 2.45) is 0 Å². The Bertz CT molecular complexity index is 6820. The molecule has 18 aromatic rings. The van der Waals surface area contributed by atoms with Crippen molar-refractivity contribution in [2.75, 3.05) is 0 Å². The van der Waals surface area contributed by atoms with E-state index < -0.39 is 10.8 Å². The lowest BCUT2D eigenvalue weighted by molar-refractivity contribution is 0.436. The Hall–Kier alpha value is -13.9. The highest BCUT2D eigenvalue weighted by atomic mass is 16.5. The van der Waals surface area contributed by atoms with Crippen molar-refractivity contribution in [2.45, 2.75) is 10.8 Å². The first-order valence-electron chi connectivity index (χ1n) is 35.3. The summed E-state index contributed by atoms with van der Waals surface area (Å²) in [7, 11) is 0. The summed E-state index contributed by atoms with van der Waals surface area (Å²) in [5.74, 6) is 3.27. The van der Waals surface area contributed by atoms with Gasteiger partial charge in [-0.3, -0.25) is 9.97 Å². The first-order valence-corrected chi connectivity index (χ1v) is 35.3. The molecular weight excluding hydrogens is 1270 g/mol. The van der Waals surface area contributed by atoms with Gasteiger partial charge in [0.15, 0.2) is 0 Å². The third-order valence-corrected chi connectivity index (χ3v) is 22.5. The molecular formula is C97H55N5O2. The molecule has 4 aromatic heterocycles. The van der Waals surface area contributed by atoms with E-state index >= 15 is 0 Å². The zero-order valence-electron chi connectivity index (χ0n) is 55.8. The third kappa shape index (κ3) is 8.22. The molecule has 2 aliphatic carbocycles. The normalized spacial score (nSPS) is 14.4. The van der Waals surface area contributed by atoms with Gasteiger partial charge in [0.2, 0.25) is 0 Å². The largest absolute Gasteiger partial charge is 0.457 e. The Morgan fingerprint density at radius 1 is 0.260 bits per heavy atom. The predicted molar refractivity (Wildman–Crippen MR) is 417 cm³/mol. The molecule has 0 bridgehead atoms. The summed E-state index contributed by atoms with van der Waals surface area (Å²) in [5.41, 5.74) is 28.5. The molecule has 0 saturated carbocycles. The molecule has 0 radical (unpaired) electrons. The second-order valence-corrected chi connectivity index (χ2v) is 27.7. The van der Waals surface area contributed by atoms with Gasteiger partial charge >= 0.3 is 0 Å². The van der Waals surface area contributed by atoms with Crippen molar-refractivity contribution in [3.05, 3.63) is 384 Å². The fourth-order valence-electron chi connectivity index (χ4n) is 18.0. The van der Waals surface area contributed by atoms with Crippen molar-refractivity contribution >= 4 is 54.4 Å². The van der Waals surface area contributed by atoms with Crippen LogP contribution in [-0.4, -0.2) is 19.9 Å². The van der Waals surface area contributed by atoms with Crippen LogP contribution in [0.5, 0.6) is 23.0 Å². The lowest BCUT2D eigenvalue weighted by atomic mass is 9.66. The molecule has 7 heteroatoms. The highest BCUT2D eigenvalue weighted by Gasteiger charge is 2.53. The van der Waals surface area contributed by atoms with Crippen molar-refractivity contribution in [1.82, 2.24) is 19.9 Å². The molecule has 480 valence electrons. The van der Waals surface area contributed by atoms with Crippen LogP contribution < -0.4 is 9.47 Å². The molecule has 0 amide bonds. The van der Waals surface area contributed by atoms with Crippen LogP contribution in [0, 0.1) is 11.3 Å². The number of nitriles is 1. The minimum absolute atomic E-state index is 0.585. The molecule has 1 atom stereocenters. The number of pyridine rings is 4. The smallest absolute Gasteiger partial charge is 0.132 e. The van der Waals surface area contributed by atoms with E-state index in [9.17, 15) is 5.26 Å². The van der Waals surface area contributed by atoms with Gasteiger partial charge in [-0.2, -0.15) is 5.26 Å². The summed E-state index contributed by atoms with van der Waals surface area (Å²) in [5, 5.41) is 16.5. The number of aromatic nitrogens is 4. The summed E-state index contributed by atoms with van der Waals surface area (Å²) >= 11 is 0. The minimum Gasteiger partial charge on any atom is -0.457 e. The van der Waals surface area contributed by atoms with Crippen LogP contribution >= 0.6 is 0 Å². The van der Waals surface area contributed by atoms with Crippen LogP contribution in [0.25, 0.3) is 144 Å². The summed E-state index contributed by atoms with van der Waals surface area (Å²) in [6, 6.07) is 118. The molecule has 104 heavy (non-hydrogen) atoms. The average molecular weight is 1320 g/mol. The third-order valence-electron chi connectivity index (χ3n) is 22.5. The van der Waals surface area contributed by atoms with E-state index in [0.29, 0.717) is 5.56 Å². The molecule has 7 nitrogen and oxygen atoms in total. The van der Waals surface area contributed by atoms with Crippen LogP contribution in [0.4, 0.5) is 0 Å². The van der Waals surface area contributed by atoms with E-state index in [0.717, 1.165) is 172 Å². The lowest BCUT2D eigenvalue weighted by Gasteiger charge is -2.39. The fourth-order valence-corrected chi connectivity index (χ4v) is 18.0. The van der Waals surface area contributed by atoms with Gasteiger partial charge in [0.25, 0.3) is 0 Å². The first-order chi connectivity index (χ1) is 51.5. The van der Waals surface area contributed by atoms with Crippen molar-refractivity contribution in [1.29, 1.82) is 5.26 Å². The second-order valence-electron chi connectivity index (χ2n) is 27.7. The number of hydrogen-bond acceptors (Lipinski definition) is 7. The maximum atomic E-state index is 10.2. The molecule has 0 saturated heterocycles. The molecule has 0 N–H and O–H groups in total. The Labute approximate surface area is 598 Å². The average Bonchev–Trinajstić information content (AvgIpc) is 1.52. The number of ether oxygens (including phenoxy) is 2. The van der Waals surface area contributed by atoms with Crippen LogP contribution in [0.15, 0.2) is 334 Å². The van der Waals surface area contributed by atoms with Gasteiger partial charge in [-0.25, -0.2) is 9.97 Å². The lowest BCUT2D eigenvalue weighted by Crippen LogP contribution is -2.32. The van der Waals surface area contributed by atoms with Gasteiger partial charge in [-0.1, -0.05) is 231 Å². The van der Waals surface area contributed by atoms with Gasteiger partial charge in [0.05, 0.1) is 55.9 Å². The number of benzene rings is 14. The second kappa shape index (κ2) is 22.0. The minimum atomic E-state index is -0.714. The Kier molecular flexibility index (Phi) is 12.3. The summed E-state index contributed by atoms with van der Waals surface area (Å²) in [6.45, 7) is 0. The molecule has 14 aromatic carbocycles. The zero-order chi connectivity index (χ0) is 68.4. The Morgan fingerprint density at radius 2 is 0.740 bits per heavy atom. The predicted octanol–water partition coefficient (Wildman–Crippen LogP) is 23.8. The summed E-state index contributed by atoms with van der Waals surface area (Å²) in [4.78, 5) is 21.1. The van der Waals surface area contributed by atoms with Gasteiger partial charge in [0, 0.05) is 67.3 Å². The van der Waals surface area contributed by atoms with E-state index in [1.165, 1.54) is 38.9 Å². The van der Waals surface area contributed by atoms with E-state index in [4.69, 9.17) is 29.4 Å². The Balaban J connectivity index is 0.668. The monoisotopic (exact) mass is 1320 g/mol. The van der Waals surface area contributed by atoms with Crippen LogP contribution in [0.3, 0.4) is 0 Å². The van der Waals surface area contributed by atoms with Crippen molar-refractivity contribution < 1.29 is 9.47 Å². The zero-order valence-corrected chi connectivity index (χ0v) is 55.8. The van der Waals surface area contributed by atoms with Crippen LogP contribution in [-0.2, 0) is 10.8 Å². The van der Waals surface area contributed by atoms with E-state index in [1.54, 1.807) is 0 Å². The standard InChI is InChI=1S/C97H55N5O2/c98-56-57-16-13-18-61(48-57)66-49-67(62-35-42-83-89(54-62)103-87-30-11-9-28-81(87)96(83)77-25-6-3-21-71(77)72-22-4-7-26-78(72)96)51-68(50-66)85-44-39-65-53-75(74-24-15-47-100-95(74)94(65)101-85)63-36-41-80-76(52-63)73-23-5-8-27-79(73)97(80)82-29-10-12-31-88(82)104-90-55-64(37-43-84(90)97)70-40-34-58-17-1-2-20-69(58)91(70)86-45-38-60-33-32-59-19-14-46-99-92(59)93(60)102-86/h1-55H. The first kappa shape index (κ1) is 57.9. The molecule has 6 heterocycles. The molecule has 4 aliphatic rings. The van der Waals surface area contributed by atoms with Crippen molar-refractivity contribution in [3.63, 3.8) is 0 Å². The van der Waals surface area contributed by atoms with Gasteiger partial charge in [0.1, 0.15) is 23.0 Å². The van der Waals surface area contributed by atoms with Crippen LogP contribution in [0.2, 0.25) is 0 Å². The number of nitrogens with zero attached hydrogens (tertiary/aromatic N) is 5. The van der Waals surface area contributed by atoms with E-state index in [2.05, 4.69) is 297 Å². The maximum Gasteiger partial charge on any atom is 0.132 e. The van der Waals surface area contributed by atoms with Gasteiger partial charge in [-0.05, 0) is 191 Å². The molecule has 2 aliphatic heterocycles. The van der Waals surface area contributed by atoms with Gasteiger partial charge in [-0.15, -0.1) is 0 Å². The molecule has 1 unspecified atom stereocenters.